The van der Waals surface area contributed by atoms with E-state index in [-0.39, 0.29) is 17.8 Å². The number of hydrogen-bond acceptors (Lipinski definition) is 7. The number of benzene rings is 2. The molecular weight excluding hydrogens is 525 g/mol. The maximum atomic E-state index is 13.4. The monoisotopic (exact) mass is 552 g/mol. The number of aliphatic imine (C=N–C) groups is 1. The molecule has 0 atom stereocenters. The molecule has 0 spiro atoms. The molecule has 4 N–H and O–H groups in total. The van der Waals surface area contributed by atoms with E-state index >= 15 is 0 Å². The largest absolute Gasteiger partial charge is 0.457 e. The molecular formula is C28H27F3N6O3. The number of amidine groups is 1. The molecule has 2 amide bonds. The normalized spacial score (nSPS) is 13.1. The van der Waals surface area contributed by atoms with Gasteiger partial charge < -0.3 is 26.0 Å². The van der Waals surface area contributed by atoms with Gasteiger partial charge in [-0.2, -0.15) is 13.2 Å². The summed E-state index contributed by atoms with van der Waals surface area (Å²) < 4.78 is 46.2. The molecule has 40 heavy (non-hydrogen) atoms. The molecule has 2 aromatic carbocycles. The fourth-order valence-corrected chi connectivity index (χ4v) is 3.74. The molecule has 4 rings (SSSR count). The molecule has 0 radical (unpaired) electrons. The van der Waals surface area contributed by atoms with E-state index in [1.54, 1.807) is 49.6 Å². The first-order chi connectivity index (χ1) is 19.2. The number of alkyl halides is 3. The van der Waals surface area contributed by atoms with E-state index in [0.29, 0.717) is 41.7 Å². The number of hydrogen-bond donors (Lipinski definition) is 4. The highest BCUT2D eigenvalue weighted by Crippen LogP contribution is 2.32. The van der Waals surface area contributed by atoms with Crippen LogP contribution in [0, 0.1) is 0 Å². The molecule has 1 aromatic heterocycles. The molecule has 0 fully saturated rings. The summed E-state index contributed by atoms with van der Waals surface area (Å²) in [5, 5.41) is 10.9. The van der Waals surface area contributed by atoms with Crippen molar-refractivity contribution in [1.82, 2.24) is 20.9 Å². The van der Waals surface area contributed by atoms with Gasteiger partial charge in [-0.3, -0.25) is 19.6 Å². The third-order valence-electron chi connectivity index (χ3n) is 5.62. The molecule has 9 nitrogen and oxygen atoms in total. The molecule has 0 unspecified atom stereocenters. The van der Waals surface area contributed by atoms with E-state index in [9.17, 15) is 22.8 Å². The molecule has 2 heterocycles. The lowest BCUT2D eigenvalue weighted by atomic mass is 10.1. The van der Waals surface area contributed by atoms with Gasteiger partial charge in [0.25, 0.3) is 5.91 Å². The Hall–Kier alpha value is -4.71. The van der Waals surface area contributed by atoms with Crippen molar-refractivity contribution < 1.29 is 27.5 Å². The van der Waals surface area contributed by atoms with Gasteiger partial charge in [0.2, 0.25) is 5.91 Å². The van der Waals surface area contributed by atoms with Gasteiger partial charge in [-0.15, -0.1) is 0 Å². The Balaban J connectivity index is 1.44. The van der Waals surface area contributed by atoms with Crippen molar-refractivity contribution in [2.45, 2.75) is 6.18 Å². The first-order valence-electron chi connectivity index (χ1n) is 12.4. The Bertz CT molecular complexity index is 1440. The molecule has 0 saturated carbocycles. The van der Waals surface area contributed by atoms with Crippen LogP contribution in [0.25, 0.3) is 6.08 Å². The lowest BCUT2D eigenvalue weighted by molar-refractivity contribution is -0.137. The Kier molecular flexibility index (Phi) is 9.12. The Morgan fingerprint density at radius 1 is 1.07 bits per heavy atom. The van der Waals surface area contributed by atoms with Crippen LogP contribution in [0.1, 0.15) is 27.2 Å². The van der Waals surface area contributed by atoms with Crippen LogP contribution in [-0.2, 0) is 11.0 Å². The third kappa shape index (κ3) is 7.90. The van der Waals surface area contributed by atoms with Crippen LogP contribution in [0.5, 0.6) is 11.5 Å². The standard InChI is InChI=1S/C28H27F3N6O3/c1-32-9-10-36-27(39)19-14-20(28(29,30)31)16-21(15-19)37-25(38)6-5-18-3-2-4-22(13-18)40-23-7-8-33-24(17-23)26-34-11-12-35-26/h2-8,13-17,32H,9-12H2,1H3,(H,34,35)(H,36,39)(H,37,38). The van der Waals surface area contributed by atoms with Gasteiger partial charge in [0.15, 0.2) is 0 Å². The third-order valence-corrected chi connectivity index (χ3v) is 5.62. The number of pyridine rings is 1. The molecule has 12 heteroatoms. The second-order valence-electron chi connectivity index (χ2n) is 8.69. The topological polar surface area (TPSA) is 117 Å². The Labute approximate surface area is 228 Å². The van der Waals surface area contributed by atoms with Gasteiger partial charge in [-0.25, -0.2) is 0 Å². The van der Waals surface area contributed by atoms with E-state index < -0.39 is 23.6 Å². The maximum Gasteiger partial charge on any atom is 0.416 e. The fraction of sp³-hybridized carbons (Fsp3) is 0.214. The van der Waals surface area contributed by atoms with Crippen LogP contribution in [0.4, 0.5) is 18.9 Å². The van der Waals surface area contributed by atoms with Gasteiger partial charge in [0, 0.05) is 49.2 Å². The number of likely N-dealkylation sites (N-methyl/N-ethyl adjacent to an activating group) is 1. The van der Waals surface area contributed by atoms with E-state index in [4.69, 9.17) is 4.74 Å². The van der Waals surface area contributed by atoms with Crippen LogP contribution in [-0.4, -0.2) is 55.9 Å². The van der Waals surface area contributed by atoms with Gasteiger partial charge in [-0.1, -0.05) is 12.1 Å². The number of ether oxygens (including phenoxy) is 1. The van der Waals surface area contributed by atoms with Gasteiger partial charge in [0.05, 0.1) is 12.1 Å². The highest BCUT2D eigenvalue weighted by Gasteiger charge is 2.32. The lowest BCUT2D eigenvalue weighted by Crippen LogP contribution is -2.30. The zero-order chi connectivity index (χ0) is 28.5. The van der Waals surface area contributed by atoms with Gasteiger partial charge in [0.1, 0.15) is 23.0 Å². The van der Waals surface area contributed by atoms with E-state index in [1.165, 1.54) is 18.2 Å². The van der Waals surface area contributed by atoms with E-state index in [2.05, 4.69) is 31.2 Å². The first-order valence-corrected chi connectivity index (χ1v) is 12.4. The predicted molar refractivity (Wildman–Crippen MR) is 146 cm³/mol. The summed E-state index contributed by atoms with van der Waals surface area (Å²) in [5.74, 6) is 0.410. The van der Waals surface area contributed by atoms with Crippen molar-refractivity contribution >= 4 is 29.4 Å². The first kappa shape index (κ1) is 28.3. The number of aromatic nitrogens is 1. The summed E-state index contributed by atoms with van der Waals surface area (Å²) in [7, 11) is 1.68. The summed E-state index contributed by atoms with van der Waals surface area (Å²) >= 11 is 0. The number of carbonyl (C=O) groups is 2. The Morgan fingerprint density at radius 2 is 1.90 bits per heavy atom. The average Bonchev–Trinajstić information content (AvgIpc) is 3.47. The quantitative estimate of drug-likeness (QED) is 0.224. The fourth-order valence-electron chi connectivity index (χ4n) is 3.74. The second kappa shape index (κ2) is 12.9. The van der Waals surface area contributed by atoms with Crippen LogP contribution in [0.15, 0.2) is 71.9 Å². The zero-order valence-electron chi connectivity index (χ0n) is 21.5. The van der Waals surface area contributed by atoms with Gasteiger partial charge >= 0.3 is 6.18 Å². The zero-order valence-corrected chi connectivity index (χ0v) is 21.5. The van der Waals surface area contributed by atoms with Crippen molar-refractivity contribution in [3.8, 4) is 11.5 Å². The van der Waals surface area contributed by atoms with Crippen molar-refractivity contribution in [3.63, 3.8) is 0 Å². The van der Waals surface area contributed by atoms with Crippen LogP contribution >= 0.6 is 0 Å². The highest BCUT2D eigenvalue weighted by molar-refractivity contribution is 6.03. The second-order valence-corrected chi connectivity index (χ2v) is 8.69. The molecule has 0 bridgehead atoms. The van der Waals surface area contributed by atoms with Crippen molar-refractivity contribution in [1.29, 1.82) is 0 Å². The molecule has 1 aliphatic rings. The van der Waals surface area contributed by atoms with Gasteiger partial charge in [-0.05, 0) is 55.1 Å². The lowest BCUT2D eigenvalue weighted by Gasteiger charge is -2.13. The number of nitrogens with one attached hydrogen (secondary N) is 4. The molecule has 0 aliphatic carbocycles. The molecule has 1 aliphatic heterocycles. The smallest absolute Gasteiger partial charge is 0.416 e. The minimum absolute atomic E-state index is 0.157. The summed E-state index contributed by atoms with van der Waals surface area (Å²) in [6, 6.07) is 13.1. The maximum absolute atomic E-state index is 13.4. The van der Waals surface area contributed by atoms with Crippen molar-refractivity contribution in [2.24, 2.45) is 4.99 Å². The SMILES string of the molecule is CNCCNC(=O)c1cc(NC(=O)C=Cc2cccc(Oc3ccnc(C4=NCCN4)c3)c2)cc(C(F)(F)F)c1. The number of amides is 2. The summed E-state index contributed by atoms with van der Waals surface area (Å²) in [5.41, 5.74) is -0.137. The van der Waals surface area contributed by atoms with Crippen LogP contribution in [0.2, 0.25) is 0 Å². The molecule has 208 valence electrons. The van der Waals surface area contributed by atoms with E-state index in [0.717, 1.165) is 18.7 Å². The van der Waals surface area contributed by atoms with Crippen LogP contribution < -0.4 is 26.0 Å². The summed E-state index contributed by atoms with van der Waals surface area (Å²) in [6.45, 7) is 2.12. The van der Waals surface area contributed by atoms with Crippen molar-refractivity contribution in [2.75, 3.05) is 38.5 Å². The number of carbonyl (C=O) groups excluding carboxylic acids is 2. The van der Waals surface area contributed by atoms with Crippen LogP contribution in [0.3, 0.4) is 0 Å². The van der Waals surface area contributed by atoms with Crippen molar-refractivity contribution in [3.05, 3.63) is 89.3 Å². The minimum atomic E-state index is -4.70. The predicted octanol–water partition coefficient (Wildman–Crippen LogP) is 3.84. The summed E-state index contributed by atoms with van der Waals surface area (Å²) in [4.78, 5) is 33.5. The number of halogens is 3. The number of nitrogens with zero attached hydrogens (tertiary/aromatic N) is 2. The molecule has 0 saturated heterocycles. The molecule has 3 aromatic rings. The summed E-state index contributed by atoms with van der Waals surface area (Å²) in [6.07, 6.45) is -0.406. The van der Waals surface area contributed by atoms with E-state index in [1.807, 2.05) is 0 Å². The highest BCUT2D eigenvalue weighted by atomic mass is 19.4. The average molecular weight is 553 g/mol. The Morgan fingerprint density at radius 3 is 2.65 bits per heavy atom. The number of anilines is 1. The minimum Gasteiger partial charge on any atom is -0.457 e. The number of rotatable bonds is 10.